The summed E-state index contributed by atoms with van der Waals surface area (Å²) in [7, 11) is -4.10. The Morgan fingerprint density at radius 3 is 2.53 bits per heavy atom. The Morgan fingerprint density at radius 2 is 1.78 bits per heavy atom. The Hall–Kier alpha value is -4.22. The molecule has 1 aromatic heterocycles. The molecule has 2 aliphatic heterocycles. The van der Waals surface area contributed by atoms with Crippen LogP contribution in [0.25, 0.3) is 5.57 Å². The Balaban J connectivity index is 1.18. The number of aromatic nitrogens is 1. The van der Waals surface area contributed by atoms with Crippen LogP contribution < -0.4 is 14.2 Å². The second-order valence-corrected chi connectivity index (χ2v) is 13.2. The van der Waals surface area contributed by atoms with Gasteiger partial charge >= 0.3 is 6.09 Å². The standard InChI is InChI=1S/C34H32ClN3O6S/c35-25-12-10-24(11-13-25)34(40)16-20-38(21-17-34)19-5-9-28-29-8-4-18-36-31(29)23-43-32-15-14-26(22-30(28)32)44-33(39)37-45(41,42)27-6-2-1-3-7-27/h1-4,6-15,18,22,40H,5,16-17,19-21,23H2,(H,37,39)/b28-9+. The summed E-state index contributed by atoms with van der Waals surface area (Å²) in [6.07, 6.45) is 4.68. The van der Waals surface area contributed by atoms with Crippen LogP contribution in [0, 0.1) is 0 Å². The van der Waals surface area contributed by atoms with E-state index in [1.54, 1.807) is 42.6 Å². The number of hydrogen-bond donors (Lipinski definition) is 2. The number of halogens is 1. The number of nitrogens with zero attached hydrogens (tertiary/aromatic N) is 2. The molecule has 11 heteroatoms. The quantitative estimate of drug-likeness (QED) is 0.255. The number of amides is 1. The van der Waals surface area contributed by atoms with Crippen LogP contribution in [0.5, 0.6) is 11.5 Å². The molecule has 3 aromatic carbocycles. The molecule has 0 saturated carbocycles. The van der Waals surface area contributed by atoms with Crippen molar-refractivity contribution >= 4 is 33.3 Å². The highest BCUT2D eigenvalue weighted by molar-refractivity contribution is 7.90. The number of benzene rings is 3. The minimum absolute atomic E-state index is 0.0463. The van der Waals surface area contributed by atoms with Crippen molar-refractivity contribution in [2.45, 2.75) is 36.4 Å². The Bertz CT molecular complexity index is 1820. The number of fused-ring (bicyclic) bond motifs is 2. The molecule has 0 unspecified atom stereocenters. The van der Waals surface area contributed by atoms with E-state index in [2.05, 4.69) is 16.0 Å². The van der Waals surface area contributed by atoms with Crippen LogP contribution in [-0.4, -0.2) is 49.1 Å². The number of likely N-dealkylation sites (tertiary alicyclic amines) is 1. The molecule has 3 heterocycles. The number of nitrogens with one attached hydrogen (secondary N) is 1. The third kappa shape index (κ3) is 7.04. The van der Waals surface area contributed by atoms with E-state index in [4.69, 9.17) is 21.1 Å². The predicted molar refractivity (Wildman–Crippen MR) is 171 cm³/mol. The summed E-state index contributed by atoms with van der Waals surface area (Å²) in [5.41, 5.74) is 3.28. The number of piperidine rings is 1. The van der Waals surface area contributed by atoms with Crippen molar-refractivity contribution < 1.29 is 27.8 Å². The van der Waals surface area contributed by atoms with Crippen molar-refractivity contribution in [3.8, 4) is 11.5 Å². The topological polar surface area (TPSA) is 118 Å². The summed E-state index contributed by atoms with van der Waals surface area (Å²) in [6.45, 7) is 2.55. The van der Waals surface area contributed by atoms with Crippen molar-refractivity contribution in [3.63, 3.8) is 0 Å². The Morgan fingerprint density at radius 1 is 1.02 bits per heavy atom. The highest BCUT2D eigenvalue weighted by atomic mass is 35.5. The van der Waals surface area contributed by atoms with Gasteiger partial charge < -0.3 is 19.5 Å². The molecule has 1 amide bonds. The molecule has 1 fully saturated rings. The number of pyridine rings is 1. The van der Waals surface area contributed by atoms with Crippen LogP contribution in [0.4, 0.5) is 4.79 Å². The maximum Gasteiger partial charge on any atom is 0.426 e. The van der Waals surface area contributed by atoms with Crippen molar-refractivity contribution in [2.24, 2.45) is 0 Å². The summed E-state index contributed by atoms with van der Waals surface area (Å²) in [5.74, 6) is 0.754. The zero-order chi connectivity index (χ0) is 31.4. The van der Waals surface area contributed by atoms with Crippen molar-refractivity contribution in [2.75, 3.05) is 19.6 Å². The first-order valence-corrected chi connectivity index (χ1v) is 16.5. The zero-order valence-electron chi connectivity index (χ0n) is 24.4. The van der Waals surface area contributed by atoms with Crippen molar-refractivity contribution in [1.82, 2.24) is 14.6 Å². The van der Waals surface area contributed by atoms with Gasteiger partial charge in [0.15, 0.2) is 0 Å². The van der Waals surface area contributed by atoms with Gasteiger partial charge in [-0.3, -0.25) is 4.98 Å². The van der Waals surface area contributed by atoms with Gasteiger partial charge in [0.05, 0.1) is 16.2 Å². The van der Waals surface area contributed by atoms with Crippen molar-refractivity contribution in [3.05, 3.63) is 125 Å². The van der Waals surface area contributed by atoms with Gasteiger partial charge in [0.25, 0.3) is 10.0 Å². The summed E-state index contributed by atoms with van der Waals surface area (Å²) < 4.78 is 38.6. The predicted octanol–water partition coefficient (Wildman–Crippen LogP) is 5.91. The van der Waals surface area contributed by atoms with E-state index in [0.717, 1.165) is 42.0 Å². The van der Waals surface area contributed by atoms with E-state index < -0.39 is 21.7 Å². The lowest BCUT2D eigenvalue weighted by Gasteiger charge is -2.38. The third-order valence-corrected chi connectivity index (χ3v) is 9.71. The second kappa shape index (κ2) is 13.0. The third-order valence-electron chi connectivity index (χ3n) is 8.13. The molecule has 9 nitrogen and oxygen atoms in total. The van der Waals surface area contributed by atoms with Gasteiger partial charge in [0.1, 0.15) is 18.1 Å². The van der Waals surface area contributed by atoms with E-state index in [0.29, 0.717) is 35.6 Å². The fourth-order valence-corrected chi connectivity index (χ4v) is 6.72. The van der Waals surface area contributed by atoms with E-state index >= 15 is 0 Å². The first-order chi connectivity index (χ1) is 21.7. The van der Waals surface area contributed by atoms with Gasteiger partial charge in [-0.15, -0.1) is 0 Å². The van der Waals surface area contributed by atoms with Crippen LogP contribution in [0.1, 0.15) is 41.6 Å². The normalized spacial score (nSPS) is 17.0. The number of rotatable bonds is 7. The second-order valence-electron chi connectivity index (χ2n) is 11.0. The summed E-state index contributed by atoms with van der Waals surface area (Å²) in [4.78, 5) is 19.4. The van der Waals surface area contributed by atoms with Gasteiger partial charge in [-0.1, -0.05) is 54.1 Å². The number of carbonyl (C=O) groups is 1. The maximum atomic E-state index is 12.6. The first kappa shape index (κ1) is 30.8. The van der Waals surface area contributed by atoms with Crippen LogP contribution in [0.15, 0.2) is 102 Å². The molecular formula is C34H32ClN3O6S. The van der Waals surface area contributed by atoms with Gasteiger partial charge in [0.2, 0.25) is 0 Å². The lowest BCUT2D eigenvalue weighted by atomic mass is 9.84. The summed E-state index contributed by atoms with van der Waals surface area (Å²) >= 11 is 6.03. The molecule has 0 bridgehead atoms. The molecule has 2 N–H and O–H groups in total. The lowest BCUT2D eigenvalue weighted by Crippen LogP contribution is -2.42. The van der Waals surface area contributed by atoms with Crippen LogP contribution in [0.2, 0.25) is 5.02 Å². The minimum atomic E-state index is -4.10. The Labute approximate surface area is 267 Å². The van der Waals surface area contributed by atoms with Gasteiger partial charge in [-0.25, -0.2) is 17.9 Å². The SMILES string of the molecule is O=C(NS(=O)(=O)c1ccccc1)Oc1ccc2c(c1)/C(=C/CCN1CCC(O)(c3ccc(Cl)cc3)CC1)c1cccnc1CO2. The van der Waals surface area contributed by atoms with Crippen LogP contribution >= 0.6 is 11.6 Å². The minimum Gasteiger partial charge on any atom is -0.487 e. The monoisotopic (exact) mass is 645 g/mol. The Kier molecular flexibility index (Phi) is 8.91. The summed E-state index contributed by atoms with van der Waals surface area (Å²) in [5, 5.41) is 11.9. The largest absolute Gasteiger partial charge is 0.487 e. The molecule has 4 aromatic rings. The summed E-state index contributed by atoms with van der Waals surface area (Å²) in [6, 6.07) is 23.8. The number of sulfonamides is 1. The van der Waals surface area contributed by atoms with Gasteiger partial charge in [-0.05, 0) is 78.9 Å². The average Bonchev–Trinajstić information content (AvgIpc) is 3.19. The first-order valence-electron chi connectivity index (χ1n) is 14.6. The lowest BCUT2D eigenvalue weighted by molar-refractivity contribution is -0.0254. The molecule has 232 valence electrons. The fourth-order valence-electron chi connectivity index (χ4n) is 5.70. The number of aliphatic hydroxyl groups is 1. The van der Waals surface area contributed by atoms with Gasteiger partial charge in [0, 0.05) is 42.0 Å². The molecular weight excluding hydrogens is 614 g/mol. The van der Waals surface area contributed by atoms with E-state index in [9.17, 15) is 18.3 Å². The molecule has 0 atom stereocenters. The fraction of sp³-hybridized carbons (Fsp3) is 0.235. The van der Waals surface area contributed by atoms with E-state index in [-0.39, 0.29) is 17.3 Å². The number of ether oxygens (including phenoxy) is 2. The van der Waals surface area contributed by atoms with E-state index in [1.165, 1.54) is 12.1 Å². The maximum absolute atomic E-state index is 12.6. The van der Waals surface area contributed by atoms with Crippen LogP contribution in [0.3, 0.4) is 0 Å². The molecule has 6 rings (SSSR count). The highest BCUT2D eigenvalue weighted by Crippen LogP contribution is 2.39. The average molecular weight is 646 g/mol. The molecule has 0 aliphatic carbocycles. The molecule has 0 radical (unpaired) electrons. The van der Waals surface area contributed by atoms with E-state index in [1.807, 2.05) is 41.1 Å². The van der Waals surface area contributed by atoms with Crippen molar-refractivity contribution in [1.29, 1.82) is 0 Å². The zero-order valence-corrected chi connectivity index (χ0v) is 25.9. The number of hydrogen-bond acceptors (Lipinski definition) is 8. The van der Waals surface area contributed by atoms with Gasteiger partial charge in [-0.2, -0.15) is 0 Å². The molecule has 0 spiro atoms. The number of carbonyl (C=O) groups excluding carboxylic acids is 1. The highest BCUT2D eigenvalue weighted by Gasteiger charge is 2.33. The molecule has 2 aliphatic rings. The molecule has 45 heavy (non-hydrogen) atoms. The smallest absolute Gasteiger partial charge is 0.426 e. The molecule has 1 saturated heterocycles. The van der Waals surface area contributed by atoms with Crippen LogP contribution in [-0.2, 0) is 22.2 Å².